The van der Waals surface area contributed by atoms with Crippen molar-refractivity contribution in [3.8, 4) is 0 Å². The average Bonchev–Trinajstić information content (AvgIpc) is 2.96. The highest BCUT2D eigenvalue weighted by molar-refractivity contribution is 7.18. The van der Waals surface area contributed by atoms with Crippen molar-refractivity contribution in [2.24, 2.45) is 0 Å². The third kappa shape index (κ3) is 3.45. The zero-order valence-corrected chi connectivity index (χ0v) is 11.1. The number of rotatable bonds is 5. The summed E-state index contributed by atoms with van der Waals surface area (Å²) in [5.74, 6) is -0.378. The van der Waals surface area contributed by atoms with Crippen LogP contribution >= 0.6 is 11.3 Å². The maximum Gasteiger partial charge on any atom is 0.346 e. The van der Waals surface area contributed by atoms with Crippen LogP contribution in [-0.2, 0) is 11.2 Å². The van der Waals surface area contributed by atoms with Crippen LogP contribution < -0.4 is 5.32 Å². The number of hydrogen-bond acceptors (Lipinski definition) is 4. The third-order valence-corrected chi connectivity index (χ3v) is 3.69. The summed E-state index contributed by atoms with van der Waals surface area (Å²) in [5.41, 5.74) is 0.652. The van der Waals surface area contributed by atoms with Gasteiger partial charge in [0, 0.05) is 12.8 Å². The number of hydrogen-bond donors (Lipinski definition) is 2. The van der Waals surface area contributed by atoms with Gasteiger partial charge in [-0.25, -0.2) is 4.79 Å². The molecule has 0 bridgehead atoms. The Morgan fingerprint density at radius 1 is 1.47 bits per heavy atom. The first-order valence-corrected chi connectivity index (χ1v) is 6.54. The number of carboxylic acids is 1. The molecule has 5 nitrogen and oxygen atoms in total. The minimum atomic E-state index is -0.974. The quantitative estimate of drug-likeness (QED) is 0.882. The van der Waals surface area contributed by atoms with Crippen LogP contribution in [0.5, 0.6) is 0 Å². The summed E-state index contributed by atoms with van der Waals surface area (Å²) >= 11 is 1.06. The van der Waals surface area contributed by atoms with Gasteiger partial charge in [0.15, 0.2) is 0 Å². The Morgan fingerprint density at radius 2 is 2.26 bits per heavy atom. The van der Waals surface area contributed by atoms with Gasteiger partial charge in [-0.2, -0.15) is 0 Å². The molecule has 0 saturated heterocycles. The smallest absolute Gasteiger partial charge is 0.346 e. The van der Waals surface area contributed by atoms with Crippen LogP contribution in [0.4, 0.5) is 5.00 Å². The van der Waals surface area contributed by atoms with Crippen LogP contribution in [0.25, 0.3) is 0 Å². The molecule has 0 aliphatic rings. The van der Waals surface area contributed by atoms with E-state index in [2.05, 4.69) is 5.32 Å². The Morgan fingerprint density at radius 3 is 2.84 bits per heavy atom. The largest absolute Gasteiger partial charge is 0.477 e. The number of aromatic carboxylic acids is 1. The number of thiophene rings is 1. The lowest BCUT2D eigenvalue weighted by molar-refractivity contribution is -0.116. The van der Waals surface area contributed by atoms with E-state index in [4.69, 9.17) is 9.52 Å². The molecule has 100 valence electrons. The van der Waals surface area contributed by atoms with Crippen LogP contribution in [0.2, 0.25) is 0 Å². The van der Waals surface area contributed by atoms with E-state index in [1.807, 2.05) is 6.07 Å². The number of carboxylic acid groups (broad SMARTS) is 1. The number of amides is 1. The fraction of sp³-hybridized carbons (Fsp3) is 0.231. The van der Waals surface area contributed by atoms with Crippen molar-refractivity contribution < 1.29 is 19.1 Å². The zero-order valence-electron chi connectivity index (χ0n) is 10.3. The number of aryl methyl sites for hydroxylation is 2. The van der Waals surface area contributed by atoms with Crippen LogP contribution in [-0.4, -0.2) is 17.0 Å². The molecule has 0 aromatic carbocycles. The molecule has 0 aliphatic heterocycles. The SMILES string of the molecule is Cc1cc(NC(=O)CCc2ccco2)sc1C(=O)O. The Bertz CT molecular complexity index is 586. The van der Waals surface area contributed by atoms with E-state index in [-0.39, 0.29) is 10.8 Å². The lowest BCUT2D eigenvalue weighted by Gasteiger charge is -2.00. The van der Waals surface area contributed by atoms with Crippen LogP contribution in [0.3, 0.4) is 0 Å². The van der Waals surface area contributed by atoms with Gasteiger partial charge in [-0.1, -0.05) is 0 Å². The molecule has 0 atom stereocenters. The highest BCUT2D eigenvalue weighted by atomic mass is 32.1. The Labute approximate surface area is 113 Å². The predicted molar refractivity (Wildman–Crippen MR) is 71.7 cm³/mol. The van der Waals surface area contributed by atoms with Crippen molar-refractivity contribution in [2.75, 3.05) is 5.32 Å². The molecule has 1 amide bonds. The first-order chi connectivity index (χ1) is 9.06. The summed E-state index contributed by atoms with van der Waals surface area (Å²) in [7, 11) is 0. The van der Waals surface area contributed by atoms with E-state index >= 15 is 0 Å². The predicted octanol–water partition coefficient (Wildman–Crippen LogP) is 2.92. The third-order valence-electron chi connectivity index (χ3n) is 2.55. The number of carbonyl (C=O) groups excluding carboxylic acids is 1. The van der Waals surface area contributed by atoms with E-state index < -0.39 is 5.97 Å². The van der Waals surface area contributed by atoms with Crippen LogP contribution in [0.15, 0.2) is 28.9 Å². The molecule has 0 radical (unpaired) electrons. The van der Waals surface area contributed by atoms with E-state index in [1.165, 1.54) is 0 Å². The molecular formula is C13H13NO4S. The average molecular weight is 279 g/mol. The fourth-order valence-electron chi connectivity index (χ4n) is 1.65. The highest BCUT2D eigenvalue weighted by Crippen LogP contribution is 2.26. The molecule has 0 fully saturated rings. The lowest BCUT2D eigenvalue weighted by Crippen LogP contribution is -2.11. The Balaban J connectivity index is 1.91. The summed E-state index contributed by atoms with van der Waals surface area (Å²) in [6.07, 6.45) is 2.39. The summed E-state index contributed by atoms with van der Waals surface area (Å²) < 4.78 is 5.13. The molecule has 0 spiro atoms. The first kappa shape index (κ1) is 13.4. The molecule has 2 N–H and O–H groups in total. The molecule has 19 heavy (non-hydrogen) atoms. The monoisotopic (exact) mass is 279 g/mol. The molecule has 0 saturated carbocycles. The van der Waals surface area contributed by atoms with Gasteiger partial charge in [-0.3, -0.25) is 4.79 Å². The summed E-state index contributed by atoms with van der Waals surface area (Å²) in [6.45, 7) is 1.71. The van der Waals surface area contributed by atoms with E-state index in [0.29, 0.717) is 23.4 Å². The first-order valence-electron chi connectivity index (χ1n) is 5.72. The molecule has 0 unspecified atom stereocenters. The molecule has 2 heterocycles. The number of carbonyl (C=O) groups is 2. The minimum Gasteiger partial charge on any atom is -0.477 e. The molecule has 2 rings (SSSR count). The van der Waals surface area contributed by atoms with Crippen molar-refractivity contribution >= 4 is 28.2 Å². The van der Waals surface area contributed by atoms with Gasteiger partial charge in [0.1, 0.15) is 10.6 Å². The number of nitrogens with one attached hydrogen (secondary N) is 1. The number of furan rings is 1. The fourth-order valence-corrected chi connectivity index (χ4v) is 2.58. The maximum atomic E-state index is 11.7. The maximum absolute atomic E-state index is 11.7. The van der Waals surface area contributed by atoms with Crippen LogP contribution in [0, 0.1) is 6.92 Å². The van der Waals surface area contributed by atoms with Crippen LogP contribution in [0.1, 0.15) is 27.4 Å². The van der Waals surface area contributed by atoms with Gasteiger partial charge in [0.2, 0.25) is 5.91 Å². The molecule has 2 aromatic rings. The highest BCUT2D eigenvalue weighted by Gasteiger charge is 2.13. The summed E-state index contributed by atoms with van der Waals surface area (Å²) in [6, 6.07) is 5.25. The van der Waals surface area contributed by atoms with Crippen molar-refractivity contribution in [2.45, 2.75) is 19.8 Å². The van der Waals surface area contributed by atoms with E-state index in [0.717, 1.165) is 17.1 Å². The van der Waals surface area contributed by atoms with Gasteiger partial charge in [0.25, 0.3) is 0 Å². The minimum absolute atomic E-state index is 0.158. The topological polar surface area (TPSA) is 79.5 Å². The molecule has 2 aromatic heterocycles. The van der Waals surface area contributed by atoms with Crippen molar-refractivity contribution in [3.05, 3.63) is 40.7 Å². The number of anilines is 1. The van der Waals surface area contributed by atoms with Crippen molar-refractivity contribution in [1.82, 2.24) is 0 Å². The molecule has 0 aliphatic carbocycles. The summed E-state index contributed by atoms with van der Waals surface area (Å²) in [4.78, 5) is 22.8. The van der Waals surface area contributed by atoms with Gasteiger partial charge in [-0.15, -0.1) is 11.3 Å². The van der Waals surface area contributed by atoms with Gasteiger partial charge < -0.3 is 14.8 Å². The van der Waals surface area contributed by atoms with E-state index in [9.17, 15) is 9.59 Å². The van der Waals surface area contributed by atoms with Gasteiger partial charge in [0.05, 0.1) is 11.3 Å². The van der Waals surface area contributed by atoms with Crippen molar-refractivity contribution in [3.63, 3.8) is 0 Å². The lowest BCUT2D eigenvalue weighted by atomic mass is 10.2. The van der Waals surface area contributed by atoms with Gasteiger partial charge >= 0.3 is 5.97 Å². The zero-order chi connectivity index (χ0) is 13.8. The Hall–Kier alpha value is -2.08. The summed E-state index contributed by atoms with van der Waals surface area (Å²) in [5, 5.41) is 12.2. The molecular weight excluding hydrogens is 266 g/mol. The second-order valence-corrected chi connectivity index (χ2v) is 5.11. The normalized spacial score (nSPS) is 10.4. The van der Waals surface area contributed by atoms with E-state index in [1.54, 1.807) is 25.3 Å². The second-order valence-electron chi connectivity index (χ2n) is 4.06. The standard InChI is InChI=1S/C13H13NO4S/c1-8-7-11(19-12(8)13(16)17)14-10(15)5-4-9-3-2-6-18-9/h2-3,6-7H,4-5H2,1H3,(H,14,15)(H,16,17). The second kappa shape index (κ2) is 5.71. The van der Waals surface area contributed by atoms with Gasteiger partial charge in [-0.05, 0) is 30.7 Å². The van der Waals surface area contributed by atoms with Crippen molar-refractivity contribution in [1.29, 1.82) is 0 Å². The molecule has 6 heteroatoms. The Kier molecular flexibility index (Phi) is 4.01.